The van der Waals surface area contributed by atoms with Crippen LogP contribution in [0.25, 0.3) is 0 Å². The third-order valence-electron chi connectivity index (χ3n) is 2.71. The molecule has 0 spiro atoms. The first-order valence-electron chi connectivity index (χ1n) is 5.02. The van der Waals surface area contributed by atoms with Crippen molar-refractivity contribution in [2.75, 3.05) is 5.73 Å². The van der Waals surface area contributed by atoms with E-state index in [4.69, 9.17) is 10.8 Å². The number of benzene rings is 1. The molecule has 0 heterocycles. The molecule has 5 heteroatoms. The molecular formula is C11H12FNO2S. The van der Waals surface area contributed by atoms with Gasteiger partial charge in [0.1, 0.15) is 5.82 Å². The van der Waals surface area contributed by atoms with Crippen LogP contribution in [0.1, 0.15) is 12.8 Å². The number of thioether (sulfide) groups is 1. The van der Waals surface area contributed by atoms with Crippen LogP contribution in [0.4, 0.5) is 10.1 Å². The summed E-state index contributed by atoms with van der Waals surface area (Å²) in [7, 11) is 0. The number of anilines is 1. The zero-order chi connectivity index (χ0) is 11.7. The smallest absolute Gasteiger partial charge is 0.307 e. The lowest BCUT2D eigenvalue weighted by Gasteiger charge is -2.32. The Hall–Kier alpha value is -1.23. The first kappa shape index (κ1) is 11.3. The summed E-state index contributed by atoms with van der Waals surface area (Å²) in [4.78, 5) is 11.5. The van der Waals surface area contributed by atoms with Crippen molar-refractivity contribution in [3.8, 4) is 0 Å². The van der Waals surface area contributed by atoms with Gasteiger partial charge in [-0.3, -0.25) is 4.79 Å². The van der Waals surface area contributed by atoms with Crippen LogP contribution in [-0.4, -0.2) is 16.3 Å². The SMILES string of the molecule is Nc1cc(F)cc(SC2CCC2C(=O)O)c1. The molecule has 0 aliphatic heterocycles. The first-order chi connectivity index (χ1) is 7.56. The van der Waals surface area contributed by atoms with Crippen LogP contribution in [-0.2, 0) is 4.79 Å². The fourth-order valence-corrected chi connectivity index (χ4v) is 3.13. The molecule has 1 saturated carbocycles. The fourth-order valence-electron chi connectivity index (χ4n) is 1.72. The molecule has 3 nitrogen and oxygen atoms in total. The van der Waals surface area contributed by atoms with E-state index in [2.05, 4.69) is 0 Å². The minimum Gasteiger partial charge on any atom is -0.481 e. The molecule has 0 bridgehead atoms. The molecule has 86 valence electrons. The lowest BCUT2D eigenvalue weighted by atomic mass is 9.85. The topological polar surface area (TPSA) is 63.3 Å². The normalized spacial score (nSPS) is 23.8. The lowest BCUT2D eigenvalue weighted by Crippen LogP contribution is -2.35. The molecule has 0 saturated heterocycles. The van der Waals surface area contributed by atoms with Gasteiger partial charge < -0.3 is 10.8 Å². The average Bonchev–Trinajstić information content (AvgIpc) is 2.09. The molecule has 1 aliphatic rings. The van der Waals surface area contributed by atoms with E-state index in [1.54, 1.807) is 6.07 Å². The van der Waals surface area contributed by atoms with Gasteiger partial charge in [0.05, 0.1) is 5.92 Å². The zero-order valence-corrected chi connectivity index (χ0v) is 9.34. The van der Waals surface area contributed by atoms with Gasteiger partial charge in [-0.15, -0.1) is 11.8 Å². The van der Waals surface area contributed by atoms with Gasteiger partial charge in [0.15, 0.2) is 0 Å². The highest BCUT2D eigenvalue weighted by atomic mass is 32.2. The van der Waals surface area contributed by atoms with Gasteiger partial charge in [-0.2, -0.15) is 0 Å². The molecule has 1 aliphatic carbocycles. The second kappa shape index (κ2) is 4.33. The Labute approximate surface area is 96.8 Å². The molecule has 2 rings (SSSR count). The summed E-state index contributed by atoms with van der Waals surface area (Å²) in [6, 6.07) is 4.31. The third kappa shape index (κ3) is 2.29. The highest BCUT2D eigenvalue weighted by Crippen LogP contribution is 2.41. The third-order valence-corrected chi connectivity index (χ3v) is 4.08. The summed E-state index contributed by atoms with van der Waals surface area (Å²) in [5, 5.41) is 8.92. The van der Waals surface area contributed by atoms with Crippen LogP contribution in [0.3, 0.4) is 0 Å². The number of nitrogens with two attached hydrogens (primary N) is 1. The zero-order valence-electron chi connectivity index (χ0n) is 8.52. The van der Waals surface area contributed by atoms with Crippen molar-refractivity contribution >= 4 is 23.4 Å². The number of carboxylic acid groups (broad SMARTS) is 1. The van der Waals surface area contributed by atoms with Crippen molar-refractivity contribution in [1.29, 1.82) is 0 Å². The Morgan fingerprint density at radius 2 is 2.19 bits per heavy atom. The van der Waals surface area contributed by atoms with Gasteiger partial charge in [0.25, 0.3) is 0 Å². The van der Waals surface area contributed by atoms with Crippen LogP contribution in [0.15, 0.2) is 23.1 Å². The van der Waals surface area contributed by atoms with Crippen molar-refractivity contribution < 1.29 is 14.3 Å². The maximum atomic E-state index is 13.0. The van der Waals surface area contributed by atoms with Crippen molar-refractivity contribution in [2.45, 2.75) is 23.0 Å². The maximum absolute atomic E-state index is 13.0. The van der Waals surface area contributed by atoms with Gasteiger partial charge >= 0.3 is 5.97 Å². The standard InChI is InChI=1S/C11H12FNO2S/c12-6-3-7(13)5-8(4-6)16-10-2-1-9(10)11(14)15/h3-5,9-10H,1-2,13H2,(H,14,15). The Balaban J connectivity index is 2.07. The van der Waals surface area contributed by atoms with Gasteiger partial charge in [0.2, 0.25) is 0 Å². The predicted molar refractivity (Wildman–Crippen MR) is 60.8 cm³/mol. The molecular weight excluding hydrogens is 229 g/mol. The van der Waals surface area contributed by atoms with E-state index < -0.39 is 5.97 Å². The van der Waals surface area contributed by atoms with Crippen LogP contribution in [0.2, 0.25) is 0 Å². The summed E-state index contributed by atoms with van der Waals surface area (Å²) >= 11 is 1.39. The molecule has 1 aromatic carbocycles. The van der Waals surface area contributed by atoms with E-state index in [-0.39, 0.29) is 17.0 Å². The minimum absolute atomic E-state index is 0.0405. The number of carboxylic acids is 1. The van der Waals surface area contributed by atoms with Crippen LogP contribution < -0.4 is 5.73 Å². The summed E-state index contributed by atoms with van der Waals surface area (Å²) in [5.74, 6) is -1.46. The summed E-state index contributed by atoms with van der Waals surface area (Å²) in [6.45, 7) is 0. The lowest BCUT2D eigenvalue weighted by molar-refractivity contribution is -0.144. The highest BCUT2D eigenvalue weighted by molar-refractivity contribution is 8.00. The van der Waals surface area contributed by atoms with Crippen LogP contribution >= 0.6 is 11.8 Å². The number of rotatable bonds is 3. The Bertz CT molecular complexity index is 404. The second-order valence-corrected chi connectivity index (χ2v) is 5.21. The first-order valence-corrected chi connectivity index (χ1v) is 5.90. The number of hydrogen-bond donors (Lipinski definition) is 2. The van der Waals surface area contributed by atoms with Crippen molar-refractivity contribution in [1.82, 2.24) is 0 Å². The molecule has 2 atom stereocenters. The van der Waals surface area contributed by atoms with Gasteiger partial charge in [-0.25, -0.2) is 4.39 Å². The number of carbonyl (C=O) groups is 1. The molecule has 0 radical (unpaired) electrons. The van der Waals surface area contributed by atoms with Gasteiger partial charge in [-0.1, -0.05) is 0 Å². The van der Waals surface area contributed by atoms with E-state index in [9.17, 15) is 9.18 Å². The van der Waals surface area contributed by atoms with Crippen LogP contribution in [0, 0.1) is 11.7 Å². The molecule has 0 amide bonds. The van der Waals surface area contributed by atoms with E-state index in [1.165, 1.54) is 23.9 Å². The van der Waals surface area contributed by atoms with Crippen molar-refractivity contribution in [2.24, 2.45) is 5.92 Å². The molecule has 2 unspecified atom stereocenters. The largest absolute Gasteiger partial charge is 0.481 e. The summed E-state index contributed by atoms with van der Waals surface area (Å²) in [5.41, 5.74) is 5.89. The van der Waals surface area contributed by atoms with E-state index in [0.29, 0.717) is 17.0 Å². The molecule has 16 heavy (non-hydrogen) atoms. The Morgan fingerprint density at radius 3 is 2.69 bits per heavy atom. The monoisotopic (exact) mass is 241 g/mol. The molecule has 3 N–H and O–H groups in total. The summed E-state index contributed by atoms with van der Waals surface area (Å²) in [6.07, 6.45) is 1.57. The average molecular weight is 241 g/mol. The quantitative estimate of drug-likeness (QED) is 0.797. The van der Waals surface area contributed by atoms with Crippen molar-refractivity contribution in [3.63, 3.8) is 0 Å². The number of nitrogen functional groups attached to an aromatic ring is 1. The maximum Gasteiger partial charge on any atom is 0.307 e. The molecule has 1 aromatic rings. The summed E-state index contributed by atoms with van der Waals surface area (Å²) < 4.78 is 13.0. The fraction of sp³-hybridized carbons (Fsp3) is 0.364. The van der Waals surface area contributed by atoms with Gasteiger partial charge in [0, 0.05) is 15.8 Å². The van der Waals surface area contributed by atoms with E-state index in [0.717, 1.165) is 6.42 Å². The van der Waals surface area contributed by atoms with Crippen LogP contribution in [0.5, 0.6) is 0 Å². The molecule has 1 fully saturated rings. The number of aliphatic carboxylic acids is 1. The van der Waals surface area contributed by atoms with E-state index in [1.807, 2.05) is 0 Å². The Kier molecular flexibility index (Phi) is 3.05. The van der Waals surface area contributed by atoms with Gasteiger partial charge in [-0.05, 0) is 31.0 Å². The second-order valence-electron chi connectivity index (χ2n) is 3.90. The van der Waals surface area contributed by atoms with E-state index >= 15 is 0 Å². The number of hydrogen-bond acceptors (Lipinski definition) is 3. The van der Waals surface area contributed by atoms with Crippen molar-refractivity contribution in [3.05, 3.63) is 24.0 Å². The minimum atomic E-state index is -0.770. The predicted octanol–water partition coefficient (Wildman–Crippen LogP) is 2.36. The number of halogens is 1. The Morgan fingerprint density at radius 1 is 1.44 bits per heavy atom. The molecule has 0 aromatic heterocycles. The highest BCUT2D eigenvalue weighted by Gasteiger charge is 2.37.